The quantitative estimate of drug-likeness (QED) is 0.780. The van der Waals surface area contributed by atoms with Gasteiger partial charge in [0, 0.05) is 17.1 Å². The van der Waals surface area contributed by atoms with Gasteiger partial charge in [0.2, 0.25) is 5.91 Å². The molecule has 0 saturated heterocycles. The first-order valence-electron chi connectivity index (χ1n) is 6.96. The Balaban J connectivity index is 1.95. The number of nitrogens with one attached hydrogen (secondary N) is 1. The summed E-state index contributed by atoms with van der Waals surface area (Å²) in [7, 11) is 0. The first-order valence-corrected chi connectivity index (χ1v) is 7.78. The van der Waals surface area contributed by atoms with Gasteiger partial charge in [-0.1, -0.05) is 41.9 Å². The normalized spacial score (nSPS) is 15.8. The number of amides is 1. The molecule has 0 radical (unpaired) electrons. The Morgan fingerprint density at radius 2 is 1.90 bits per heavy atom. The molecule has 0 saturated carbocycles. The van der Waals surface area contributed by atoms with Crippen LogP contribution in [0.2, 0.25) is 5.02 Å². The van der Waals surface area contributed by atoms with Crippen molar-refractivity contribution in [2.24, 2.45) is 0 Å². The molecule has 108 valence electrons. The van der Waals surface area contributed by atoms with E-state index in [0.29, 0.717) is 11.4 Å². The second-order valence-electron chi connectivity index (χ2n) is 5.20. The minimum Gasteiger partial charge on any atom is -0.326 e. The van der Waals surface area contributed by atoms with Crippen LogP contribution in [0.5, 0.6) is 0 Å². The molecule has 1 aliphatic rings. The van der Waals surface area contributed by atoms with Gasteiger partial charge in [-0.25, -0.2) is 0 Å². The molecule has 0 spiro atoms. The Morgan fingerprint density at radius 1 is 1.10 bits per heavy atom. The summed E-state index contributed by atoms with van der Waals surface area (Å²) >= 11 is 12.8. The lowest BCUT2D eigenvalue weighted by Gasteiger charge is -2.15. The molecule has 2 aromatic rings. The van der Waals surface area contributed by atoms with Crippen LogP contribution in [0.1, 0.15) is 34.9 Å². The highest BCUT2D eigenvalue weighted by atomic mass is 35.5. The number of hydrogen-bond donors (Lipinski definition) is 1. The van der Waals surface area contributed by atoms with Crippen LogP contribution in [-0.2, 0) is 11.2 Å². The van der Waals surface area contributed by atoms with Crippen LogP contribution >= 0.6 is 23.2 Å². The predicted molar refractivity (Wildman–Crippen MR) is 87.2 cm³/mol. The zero-order valence-corrected chi connectivity index (χ0v) is 12.9. The maximum Gasteiger partial charge on any atom is 0.224 e. The van der Waals surface area contributed by atoms with Crippen molar-refractivity contribution in [2.75, 3.05) is 5.32 Å². The van der Waals surface area contributed by atoms with E-state index in [0.717, 1.165) is 35.2 Å². The van der Waals surface area contributed by atoms with E-state index in [4.69, 9.17) is 23.2 Å². The minimum absolute atomic E-state index is 0.0787. The van der Waals surface area contributed by atoms with Gasteiger partial charge in [0.25, 0.3) is 0 Å². The van der Waals surface area contributed by atoms with E-state index >= 15 is 0 Å². The number of hydrogen-bond acceptors (Lipinski definition) is 1. The Morgan fingerprint density at radius 3 is 2.71 bits per heavy atom. The number of benzene rings is 2. The standard InChI is InChI=1S/C17H15Cl2NO/c18-14-6-2-1-5-13(14)17(19)12-8-9-15-11(10-12)4-3-7-16(21)20-15/h1-2,5-6,8-10,17H,3-4,7H2,(H,20,21). The fraction of sp³-hybridized carbons (Fsp3) is 0.235. The van der Waals surface area contributed by atoms with Gasteiger partial charge in [-0.05, 0) is 41.7 Å². The highest BCUT2D eigenvalue weighted by molar-refractivity contribution is 6.33. The third-order valence-electron chi connectivity index (χ3n) is 3.72. The molecule has 3 rings (SSSR count). The number of carbonyl (C=O) groups excluding carboxylic acids is 1. The van der Waals surface area contributed by atoms with E-state index in [9.17, 15) is 4.79 Å². The van der Waals surface area contributed by atoms with Gasteiger partial charge in [0.05, 0.1) is 5.38 Å². The number of fused-ring (bicyclic) bond motifs is 1. The molecule has 1 unspecified atom stereocenters. The summed E-state index contributed by atoms with van der Waals surface area (Å²) in [5, 5.41) is 3.31. The van der Waals surface area contributed by atoms with Crippen molar-refractivity contribution in [3.8, 4) is 0 Å². The number of anilines is 1. The minimum atomic E-state index is -0.289. The first-order chi connectivity index (χ1) is 10.1. The molecular formula is C17H15Cl2NO. The van der Waals surface area contributed by atoms with Crippen LogP contribution in [0, 0.1) is 0 Å². The van der Waals surface area contributed by atoms with Crippen molar-refractivity contribution in [1.29, 1.82) is 0 Å². The van der Waals surface area contributed by atoms with Crippen LogP contribution in [0.3, 0.4) is 0 Å². The SMILES string of the molecule is O=C1CCCc2cc(C(Cl)c3ccccc3Cl)ccc2N1. The van der Waals surface area contributed by atoms with Gasteiger partial charge >= 0.3 is 0 Å². The molecule has 21 heavy (non-hydrogen) atoms. The maximum absolute atomic E-state index is 11.6. The third kappa shape index (κ3) is 3.07. The van der Waals surface area contributed by atoms with Crippen LogP contribution in [0.4, 0.5) is 5.69 Å². The number of carbonyl (C=O) groups is 1. The van der Waals surface area contributed by atoms with Crippen molar-refractivity contribution >= 4 is 34.8 Å². The molecule has 0 bridgehead atoms. The van der Waals surface area contributed by atoms with Crippen LogP contribution in [0.25, 0.3) is 0 Å². The van der Waals surface area contributed by atoms with E-state index in [-0.39, 0.29) is 11.3 Å². The molecular weight excluding hydrogens is 305 g/mol. The molecule has 1 heterocycles. The molecule has 4 heteroatoms. The lowest BCUT2D eigenvalue weighted by Crippen LogP contribution is -2.09. The summed E-state index contributed by atoms with van der Waals surface area (Å²) in [4.78, 5) is 11.6. The average molecular weight is 320 g/mol. The first kappa shape index (κ1) is 14.4. The molecule has 1 atom stereocenters. The summed E-state index contributed by atoms with van der Waals surface area (Å²) < 4.78 is 0. The van der Waals surface area contributed by atoms with Crippen molar-refractivity contribution < 1.29 is 4.79 Å². The number of aryl methyl sites for hydroxylation is 1. The van der Waals surface area contributed by atoms with E-state index in [1.807, 2.05) is 36.4 Å². The molecule has 1 N–H and O–H groups in total. The van der Waals surface area contributed by atoms with Gasteiger partial charge in [-0.2, -0.15) is 0 Å². The van der Waals surface area contributed by atoms with E-state index in [1.165, 1.54) is 0 Å². The second-order valence-corrected chi connectivity index (χ2v) is 6.05. The van der Waals surface area contributed by atoms with E-state index in [1.54, 1.807) is 0 Å². The number of halogens is 2. The number of rotatable bonds is 2. The van der Waals surface area contributed by atoms with Gasteiger partial charge < -0.3 is 5.32 Å². The molecule has 0 aliphatic carbocycles. The molecule has 1 aliphatic heterocycles. The monoisotopic (exact) mass is 319 g/mol. The topological polar surface area (TPSA) is 29.1 Å². The van der Waals surface area contributed by atoms with E-state index in [2.05, 4.69) is 11.4 Å². The Hall–Kier alpha value is -1.51. The fourth-order valence-corrected chi connectivity index (χ4v) is 3.24. The molecule has 0 fully saturated rings. The fourth-order valence-electron chi connectivity index (χ4n) is 2.61. The smallest absolute Gasteiger partial charge is 0.224 e. The van der Waals surface area contributed by atoms with Gasteiger partial charge in [-0.15, -0.1) is 11.6 Å². The average Bonchev–Trinajstić information content (AvgIpc) is 2.67. The maximum atomic E-state index is 11.6. The number of alkyl halides is 1. The lowest BCUT2D eigenvalue weighted by molar-refractivity contribution is -0.116. The molecule has 1 amide bonds. The van der Waals surface area contributed by atoms with Crippen molar-refractivity contribution in [1.82, 2.24) is 0 Å². The van der Waals surface area contributed by atoms with Crippen molar-refractivity contribution in [3.63, 3.8) is 0 Å². The largest absolute Gasteiger partial charge is 0.326 e. The van der Waals surface area contributed by atoms with Crippen LogP contribution in [-0.4, -0.2) is 5.91 Å². The summed E-state index contributed by atoms with van der Waals surface area (Å²) in [6.45, 7) is 0. The highest BCUT2D eigenvalue weighted by Crippen LogP contribution is 2.35. The predicted octanol–water partition coefficient (Wildman–Crippen LogP) is 4.94. The highest BCUT2D eigenvalue weighted by Gasteiger charge is 2.18. The van der Waals surface area contributed by atoms with Crippen molar-refractivity contribution in [2.45, 2.75) is 24.6 Å². The Labute approximate surface area is 134 Å². The second kappa shape index (κ2) is 6.08. The summed E-state index contributed by atoms with van der Waals surface area (Å²) in [5.41, 5.74) is 3.93. The van der Waals surface area contributed by atoms with Gasteiger partial charge in [0.15, 0.2) is 0 Å². The zero-order valence-electron chi connectivity index (χ0n) is 11.4. The zero-order chi connectivity index (χ0) is 14.8. The van der Waals surface area contributed by atoms with Gasteiger partial charge in [-0.3, -0.25) is 4.79 Å². The molecule has 0 aromatic heterocycles. The summed E-state index contributed by atoms with van der Waals surface area (Å²) in [6.07, 6.45) is 2.31. The Bertz CT molecular complexity index is 684. The lowest BCUT2D eigenvalue weighted by atomic mass is 9.99. The summed E-state index contributed by atoms with van der Waals surface area (Å²) in [6, 6.07) is 13.6. The van der Waals surface area contributed by atoms with Gasteiger partial charge in [0.1, 0.15) is 0 Å². The third-order valence-corrected chi connectivity index (χ3v) is 4.56. The summed E-state index contributed by atoms with van der Waals surface area (Å²) in [5.74, 6) is 0.0787. The van der Waals surface area contributed by atoms with Crippen LogP contribution in [0.15, 0.2) is 42.5 Å². The molecule has 2 nitrogen and oxygen atoms in total. The van der Waals surface area contributed by atoms with E-state index < -0.39 is 0 Å². The van der Waals surface area contributed by atoms with Crippen molar-refractivity contribution in [3.05, 3.63) is 64.2 Å². The molecule has 2 aromatic carbocycles. The van der Waals surface area contributed by atoms with Crippen LogP contribution < -0.4 is 5.32 Å². The Kier molecular flexibility index (Phi) is 4.18.